The number of ether oxygens (including phenoxy) is 1. The number of hydrogen-bond donors (Lipinski definition) is 3. The molecule has 1 rings (SSSR count). The molecule has 0 saturated carbocycles. The van der Waals surface area contributed by atoms with Crippen LogP contribution in [0.1, 0.15) is 53.5 Å². The van der Waals surface area contributed by atoms with Crippen LogP contribution >= 0.6 is 0 Å². The summed E-state index contributed by atoms with van der Waals surface area (Å²) in [6.45, 7) is 11.9. The molecule has 0 unspecified atom stereocenters. The molecule has 7 nitrogen and oxygen atoms in total. The minimum absolute atomic E-state index is 0.0676. The van der Waals surface area contributed by atoms with Crippen LogP contribution in [0.3, 0.4) is 0 Å². The van der Waals surface area contributed by atoms with Crippen LogP contribution in [-0.4, -0.2) is 30.1 Å². The first-order valence-electron chi connectivity index (χ1n) is 9.67. The number of allylic oxidation sites excluding steroid dienone is 1. The van der Waals surface area contributed by atoms with Crippen molar-refractivity contribution in [3.8, 4) is 0 Å². The van der Waals surface area contributed by atoms with Crippen LogP contribution < -0.4 is 16.0 Å². The van der Waals surface area contributed by atoms with E-state index in [4.69, 9.17) is 4.74 Å². The molecule has 160 valence electrons. The smallest absolute Gasteiger partial charge is 0.407 e. The largest absolute Gasteiger partial charge is 0.444 e. The van der Waals surface area contributed by atoms with Crippen LogP contribution in [0.15, 0.2) is 36.4 Å². The van der Waals surface area contributed by atoms with Gasteiger partial charge in [0.2, 0.25) is 11.8 Å². The second-order valence-electron chi connectivity index (χ2n) is 8.84. The van der Waals surface area contributed by atoms with Crippen molar-refractivity contribution in [3.63, 3.8) is 0 Å². The summed E-state index contributed by atoms with van der Waals surface area (Å²) in [6, 6.07) is 7.27. The molecular formula is C22H33N3O4. The normalized spacial score (nSPS) is 11.8. The summed E-state index contributed by atoms with van der Waals surface area (Å²) in [4.78, 5) is 35.5. The van der Waals surface area contributed by atoms with E-state index in [9.17, 15) is 14.4 Å². The Morgan fingerprint density at radius 3 is 2.34 bits per heavy atom. The Morgan fingerprint density at radius 1 is 1.03 bits per heavy atom. The Balaban J connectivity index is 2.42. The zero-order valence-corrected chi connectivity index (χ0v) is 18.2. The van der Waals surface area contributed by atoms with Gasteiger partial charge in [0.25, 0.3) is 0 Å². The summed E-state index contributed by atoms with van der Waals surface area (Å²) >= 11 is 0. The molecule has 29 heavy (non-hydrogen) atoms. The Morgan fingerprint density at radius 2 is 1.72 bits per heavy atom. The van der Waals surface area contributed by atoms with Crippen LogP contribution in [-0.2, 0) is 20.9 Å². The fourth-order valence-electron chi connectivity index (χ4n) is 2.15. The predicted molar refractivity (Wildman–Crippen MR) is 114 cm³/mol. The van der Waals surface area contributed by atoms with Gasteiger partial charge in [0, 0.05) is 25.2 Å². The van der Waals surface area contributed by atoms with Crippen LogP contribution in [0, 0.1) is 5.41 Å². The van der Waals surface area contributed by atoms with Gasteiger partial charge in [0.1, 0.15) is 5.60 Å². The van der Waals surface area contributed by atoms with E-state index in [0.29, 0.717) is 12.2 Å². The van der Waals surface area contributed by atoms with E-state index in [-0.39, 0.29) is 30.2 Å². The van der Waals surface area contributed by atoms with Crippen molar-refractivity contribution in [2.24, 2.45) is 5.41 Å². The van der Waals surface area contributed by atoms with Crippen molar-refractivity contribution in [2.75, 3.05) is 11.9 Å². The van der Waals surface area contributed by atoms with E-state index in [0.717, 1.165) is 5.56 Å². The quantitative estimate of drug-likeness (QED) is 0.604. The number of hydrogen-bond acceptors (Lipinski definition) is 4. The van der Waals surface area contributed by atoms with Gasteiger partial charge < -0.3 is 20.7 Å². The third-order valence-electron chi connectivity index (χ3n) is 3.44. The lowest BCUT2D eigenvalue weighted by atomic mass is 9.96. The van der Waals surface area contributed by atoms with Gasteiger partial charge in [-0.2, -0.15) is 0 Å². The Labute approximate surface area is 173 Å². The maximum absolute atomic E-state index is 12.0. The lowest BCUT2D eigenvalue weighted by Crippen LogP contribution is -2.35. The van der Waals surface area contributed by atoms with Gasteiger partial charge in [-0.15, -0.1) is 0 Å². The van der Waals surface area contributed by atoms with Crippen LogP contribution in [0.25, 0.3) is 0 Å². The summed E-state index contributed by atoms with van der Waals surface area (Å²) in [7, 11) is 0. The zero-order valence-electron chi connectivity index (χ0n) is 18.2. The highest BCUT2D eigenvalue weighted by Gasteiger charge is 2.15. The highest BCUT2D eigenvalue weighted by Crippen LogP contribution is 2.15. The minimum atomic E-state index is -0.574. The van der Waals surface area contributed by atoms with Gasteiger partial charge in [-0.3, -0.25) is 9.59 Å². The molecular weight excluding hydrogens is 370 g/mol. The summed E-state index contributed by atoms with van der Waals surface area (Å²) in [5, 5.41) is 8.14. The molecule has 0 heterocycles. The van der Waals surface area contributed by atoms with E-state index >= 15 is 0 Å². The third kappa shape index (κ3) is 12.3. The standard InChI is InChI=1S/C22H33N3O4/c1-21(2,3)12-10-19(27)25-17-9-7-8-16(14-17)15-24-18(26)11-13-23-20(28)29-22(4,5)6/h7-10,12,14H,11,13,15H2,1-6H3,(H,23,28)(H,24,26)(H,25,27)/b12-10+. The van der Waals surface area contributed by atoms with Crippen LogP contribution in [0.5, 0.6) is 0 Å². The number of carbonyl (C=O) groups excluding carboxylic acids is 3. The number of carbonyl (C=O) groups is 3. The van der Waals surface area contributed by atoms with E-state index in [1.807, 2.05) is 45.0 Å². The Hall–Kier alpha value is -2.83. The highest BCUT2D eigenvalue weighted by molar-refractivity contribution is 5.99. The van der Waals surface area contributed by atoms with E-state index in [1.54, 1.807) is 26.8 Å². The van der Waals surface area contributed by atoms with Gasteiger partial charge in [-0.1, -0.05) is 39.0 Å². The van der Waals surface area contributed by atoms with Crippen molar-refractivity contribution in [1.82, 2.24) is 10.6 Å². The van der Waals surface area contributed by atoms with Crippen molar-refractivity contribution in [2.45, 2.75) is 60.1 Å². The molecule has 0 aliphatic rings. The summed E-state index contributed by atoms with van der Waals surface area (Å²) < 4.78 is 5.11. The monoisotopic (exact) mass is 403 g/mol. The Kier molecular flexibility index (Phi) is 8.88. The lowest BCUT2D eigenvalue weighted by Gasteiger charge is -2.19. The number of nitrogens with one attached hydrogen (secondary N) is 3. The molecule has 0 atom stereocenters. The second kappa shape index (κ2) is 10.6. The highest BCUT2D eigenvalue weighted by atomic mass is 16.6. The van der Waals surface area contributed by atoms with Crippen LogP contribution in [0.4, 0.5) is 10.5 Å². The molecule has 1 aromatic carbocycles. The average Bonchev–Trinajstić information content (AvgIpc) is 2.56. The van der Waals surface area contributed by atoms with E-state index in [1.165, 1.54) is 6.08 Å². The van der Waals surface area contributed by atoms with Crippen molar-refractivity contribution in [3.05, 3.63) is 42.0 Å². The number of alkyl carbamates (subject to hydrolysis) is 1. The molecule has 0 spiro atoms. The topological polar surface area (TPSA) is 96.5 Å². The van der Waals surface area contributed by atoms with Crippen molar-refractivity contribution in [1.29, 1.82) is 0 Å². The van der Waals surface area contributed by atoms with Crippen LogP contribution in [0.2, 0.25) is 0 Å². The first-order valence-corrected chi connectivity index (χ1v) is 9.67. The summed E-state index contributed by atoms with van der Waals surface area (Å²) in [5.74, 6) is -0.391. The summed E-state index contributed by atoms with van der Waals surface area (Å²) in [5.41, 5.74) is 0.875. The number of rotatable bonds is 7. The molecule has 0 radical (unpaired) electrons. The lowest BCUT2D eigenvalue weighted by molar-refractivity contribution is -0.121. The summed E-state index contributed by atoms with van der Waals surface area (Å²) in [6.07, 6.45) is 2.96. The van der Waals surface area contributed by atoms with Crippen molar-refractivity contribution >= 4 is 23.6 Å². The van der Waals surface area contributed by atoms with Gasteiger partial charge in [0.05, 0.1) is 0 Å². The first-order chi connectivity index (χ1) is 13.3. The number of anilines is 1. The molecule has 0 fully saturated rings. The zero-order chi connectivity index (χ0) is 22.1. The molecule has 1 aromatic rings. The maximum Gasteiger partial charge on any atom is 0.407 e. The number of benzene rings is 1. The van der Waals surface area contributed by atoms with Gasteiger partial charge in [-0.25, -0.2) is 4.79 Å². The Bertz CT molecular complexity index is 743. The van der Waals surface area contributed by atoms with Gasteiger partial charge >= 0.3 is 6.09 Å². The molecule has 0 aliphatic carbocycles. The van der Waals surface area contributed by atoms with Gasteiger partial charge in [0.15, 0.2) is 0 Å². The molecule has 7 heteroatoms. The fourth-order valence-corrected chi connectivity index (χ4v) is 2.15. The maximum atomic E-state index is 12.0. The molecule has 3 N–H and O–H groups in total. The molecule has 0 saturated heterocycles. The average molecular weight is 404 g/mol. The van der Waals surface area contributed by atoms with E-state index in [2.05, 4.69) is 16.0 Å². The third-order valence-corrected chi connectivity index (χ3v) is 3.44. The molecule has 0 aliphatic heterocycles. The number of amides is 3. The second-order valence-corrected chi connectivity index (χ2v) is 8.84. The molecule has 0 aromatic heterocycles. The molecule has 3 amide bonds. The SMILES string of the molecule is CC(C)(C)/C=C/C(=O)Nc1cccc(CNC(=O)CCNC(=O)OC(C)(C)C)c1. The van der Waals surface area contributed by atoms with Gasteiger partial charge in [-0.05, 0) is 50.0 Å². The molecule has 0 bridgehead atoms. The fraction of sp³-hybridized carbons (Fsp3) is 0.500. The first kappa shape index (κ1) is 24.2. The minimum Gasteiger partial charge on any atom is -0.444 e. The predicted octanol–water partition coefficient (Wildman–Crippen LogP) is 3.76. The van der Waals surface area contributed by atoms with E-state index < -0.39 is 11.7 Å². The van der Waals surface area contributed by atoms with Crippen molar-refractivity contribution < 1.29 is 19.1 Å².